The molecule has 0 saturated carbocycles. The third kappa shape index (κ3) is 2.33. The fraction of sp³-hybridized carbons (Fsp3) is 0.250. The van der Waals surface area contributed by atoms with Crippen molar-refractivity contribution >= 4 is 29.2 Å². The number of hydrogen-bond donors (Lipinski definition) is 2. The summed E-state index contributed by atoms with van der Waals surface area (Å²) in [5.41, 5.74) is 0.810. The summed E-state index contributed by atoms with van der Waals surface area (Å²) in [6.07, 6.45) is 0. The Bertz CT molecular complexity index is 489. The number of amides is 1. The van der Waals surface area contributed by atoms with Crippen LogP contribution in [0.3, 0.4) is 0 Å². The second-order valence-electron chi connectivity index (χ2n) is 3.85. The molecule has 2 atom stereocenters. The zero-order chi connectivity index (χ0) is 13.1. The summed E-state index contributed by atoms with van der Waals surface area (Å²) in [5, 5.41) is 5.57. The van der Waals surface area contributed by atoms with E-state index in [0.717, 1.165) is 5.56 Å². The highest BCUT2D eigenvalue weighted by Crippen LogP contribution is 2.25. The number of rotatable bonds is 2. The molecule has 1 aromatic carbocycles. The molecular weight excluding hydrogens is 252 g/mol. The Hall–Kier alpha value is -1.95. The van der Waals surface area contributed by atoms with Crippen LogP contribution in [-0.4, -0.2) is 24.1 Å². The average Bonchev–Trinajstić information content (AvgIpc) is 2.38. The Kier molecular flexibility index (Phi) is 3.57. The topological polar surface area (TPSA) is 67.4 Å². The second-order valence-corrected chi connectivity index (χ2v) is 4.26. The molecule has 0 bridgehead atoms. The van der Waals surface area contributed by atoms with Crippen LogP contribution >= 0.6 is 12.2 Å². The van der Waals surface area contributed by atoms with Crippen LogP contribution in [0.5, 0.6) is 0 Å². The van der Waals surface area contributed by atoms with E-state index in [9.17, 15) is 9.59 Å². The molecule has 1 aliphatic rings. The average molecular weight is 264 g/mol. The number of carbonyl (C=O) groups is 2. The van der Waals surface area contributed by atoms with Gasteiger partial charge in [-0.05, 0) is 17.8 Å². The summed E-state index contributed by atoms with van der Waals surface area (Å²) in [6.45, 7) is 0. The minimum Gasteiger partial charge on any atom is -0.468 e. The van der Waals surface area contributed by atoms with Crippen LogP contribution in [0.1, 0.15) is 11.6 Å². The third-order valence-corrected chi connectivity index (χ3v) is 2.97. The molecule has 1 saturated heterocycles. The predicted octanol–water partition coefficient (Wildman–Crippen LogP) is 0.521. The van der Waals surface area contributed by atoms with E-state index >= 15 is 0 Å². The maximum Gasteiger partial charge on any atom is 0.320 e. The second kappa shape index (κ2) is 5.14. The lowest BCUT2D eigenvalue weighted by atomic mass is 9.91. The monoisotopic (exact) mass is 264 g/mol. The van der Waals surface area contributed by atoms with Gasteiger partial charge in [-0.25, -0.2) is 0 Å². The van der Waals surface area contributed by atoms with E-state index in [1.807, 2.05) is 30.3 Å². The van der Waals surface area contributed by atoms with Crippen molar-refractivity contribution in [3.8, 4) is 0 Å². The molecule has 94 valence electrons. The highest BCUT2D eigenvalue weighted by Gasteiger charge is 2.41. The van der Waals surface area contributed by atoms with Crippen LogP contribution in [0, 0.1) is 5.92 Å². The van der Waals surface area contributed by atoms with Crippen LogP contribution in [-0.2, 0) is 14.3 Å². The first-order valence-corrected chi connectivity index (χ1v) is 5.78. The molecule has 0 unspecified atom stereocenters. The van der Waals surface area contributed by atoms with Crippen LogP contribution in [0.15, 0.2) is 30.3 Å². The maximum absolute atomic E-state index is 11.8. The minimum absolute atomic E-state index is 0.217. The lowest BCUT2D eigenvalue weighted by Gasteiger charge is -2.31. The fourth-order valence-electron chi connectivity index (χ4n) is 1.91. The van der Waals surface area contributed by atoms with Gasteiger partial charge in [-0.3, -0.25) is 9.59 Å². The van der Waals surface area contributed by atoms with Crippen LogP contribution in [0.2, 0.25) is 0 Å². The van der Waals surface area contributed by atoms with Crippen molar-refractivity contribution in [2.24, 2.45) is 5.92 Å². The van der Waals surface area contributed by atoms with Gasteiger partial charge in [-0.2, -0.15) is 0 Å². The van der Waals surface area contributed by atoms with Gasteiger partial charge in [0.05, 0.1) is 13.2 Å². The van der Waals surface area contributed by atoms with E-state index in [0.29, 0.717) is 0 Å². The van der Waals surface area contributed by atoms with Gasteiger partial charge in [-0.15, -0.1) is 0 Å². The van der Waals surface area contributed by atoms with Gasteiger partial charge in [0, 0.05) is 0 Å². The van der Waals surface area contributed by atoms with Crippen molar-refractivity contribution in [3.63, 3.8) is 0 Å². The number of nitrogens with one attached hydrogen (secondary N) is 2. The summed E-state index contributed by atoms with van der Waals surface area (Å²) in [7, 11) is 1.25. The molecule has 6 heteroatoms. The first-order valence-electron chi connectivity index (χ1n) is 5.37. The van der Waals surface area contributed by atoms with E-state index in [1.165, 1.54) is 7.11 Å². The van der Waals surface area contributed by atoms with Crippen molar-refractivity contribution in [2.45, 2.75) is 6.04 Å². The van der Waals surface area contributed by atoms with Gasteiger partial charge in [-0.1, -0.05) is 30.3 Å². The molecule has 2 N–H and O–H groups in total. The maximum atomic E-state index is 11.8. The van der Waals surface area contributed by atoms with Crippen molar-refractivity contribution in [3.05, 3.63) is 35.9 Å². The molecule has 1 aliphatic heterocycles. The van der Waals surface area contributed by atoms with Crippen LogP contribution in [0.25, 0.3) is 0 Å². The standard InChI is InChI=1S/C12H12N2O3S/c1-17-11(16)8-9(7-5-3-2-4-6-7)13-12(18)14-10(8)15/h2-6,8-9H,1H3,(H2,13,14,15,18)/t8-,9-/m1/s1. The van der Waals surface area contributed by atoms with E-state index in [-0.39, 0.29) is 5.11 Å². The van der Waals surface area contributed by atoms with Gasteiger partial charge in [0.15, 0.2) is 11.0 Å². The smallest absolute Gasteiger partial charge is 0.320 e. The highest BCUT2D eigenvalue weighted by molar-refractivity contribution is 7.80. The largest absolute Gasteiger partial charge is 0.468 e. The predicted molar refractivity (Wildman–Crippen MR) is 68.6 cm³/mol. The van der Waals surface area contributed by atoms with Crippen LogP contribution in [0.4, 0.5) is 0 Å². The van der Waals surface area contributed by atoms with Gasteiger partial charge >= 0.3 is 5.97 Å². The SMILES string of the molecule is COC(=O)[C@H]1C(=O)NC(=S)N[C@@H]1c1ccccc1. The number of hydrogen-bond acceptors (Lipinski definition) is 4. The number of ether oxygens (including phenoxy) is 1. The van der Waals surface area contributed by atoms with Crippen molar-refractivity contribution in [1.29, 1.82) is 0 Å². The zero-order valence-electron chi connectivity index (χ0n) is 9.67. The highest BCUT2D eigenvalue weighted by atomic mass is 32.1. The molecule has 0 aromatic heterocycles. The van der Waals surface area contributed by atoms with E-state index in [4.69, 9.17) is 12.2 Å². The molecule has 0 spiro atoms. The Labute approximate surface area is 110 Å². The van der Waals surface area contributed by atoms with E-state index in [1.54, 1.807) is 0 Å². The molecule has 0 radical (unpaired) electrons. The number of thiocarbonyl (C=S) groups is 1. The van der Waals surface area contributed by atoms with Gasteiger partial charge < -0.3 is 15.4 Å². The normalized spacial score (nSPS) is 22.9. The summed E-state index contributed by atoms with van der Waals surface area (Å²) >= 11 is 4.94. The molecule has 2 rings (SSSR count). The fourth-order valence-corrected chi connectivity index (χ4v) is 2.14. The number of benzene rings is 1. The number of methoxy groups -OCH3 is 1. The molecule has 1 heterocycles. The van der Waals surface area contributed by atoms with Crippen molar-refractivity contribution in [1.82, 2.24) is 10.6 Å². The van der Waals surface area contributed by atoms with Gasteiger partial charge in [0.25, 0.3) is 0 Å². The number of carbonyl (C=O) groups excluding carboxylic acids is 2. The molecule has 5 nitrogen and oxygen atoms in total. The van der Waals surface area contributed by atoms with E-state index < -0.39 is 23.8 Å². The lowest BCUT2D eigenvalue weighted by Crippen LogP contribution is -2.56. The summed E-state index contributed by atoms with van der Waals surface area (Å²) in [4.78, 5) is 23.6. The quantitative estimate of drug-likeness (QED) is 0.463. The van der Waals surface area contributed by atoms with Gasteiger partial charge in [0.1, 0.15) is 0 Å². The lowest BCUT2D eigenvalue weighted by molar-refractivity contribution is -0.151. The Balaban J connectivity index is 2.36. The Morgan fingerprint density at radius 2 is 2.00 bits per heavy atom. The zero-order valence-corrected chi connectivity index (χ0v) is 10.5. The van der Waals surface area contributed by atoms with Crippen molar-refractivity contribution < 1.29 is 14.3 Å². The molecule has 1 fully saturated rings. The first kappa shape index (κ1) is 12.5. The van der Waals surface area contributed by atoms with Crippen molar-refractivity contribution in [2.75, 3.05) is 7.11 Å². The summed E-state index contributed by atoms with van der Waals surface area (Å²) in [6, 6.07) is 8.68. The molecule has 1 amide bonds. The Morgan fingerprint density at radius 3 is 2.61 bits per heavy atom. The molecule has 0 aliphatic carbocycles. The molecule has 18 heavy (non-hydrogen) atoms. The summed E-state index contributed by atoms with van der Waals surface area (Å²) < 4.78 is 4.66. The third-order valence-electron chi connectivity index (χ3n) is 2.75. The van der Waals surface area contributed by atoms with Crippen LogP contribution < -0.4 is 10.6 Å². The Morgan fingerprint density at radius 1 is 1.33 bits per heavy atom. The number of esters is 1. The molecule has 1 aromatic rings. The van der Waals surface area contributed by atoms with E-state index in [2.05, 4.69) is 15.4 Å². The van der Waals surface area contributed by atoms with Gasteiger partial charge in [0.2, 0.25) is 5.91 Å². The first-order chi connectivity index (χ1) is 8.63. The minimum atomic E-state index is -0.941. The summed E-state index contributed by atoms with van der Waals surface area (Å²) in [5.74, 6) is -1.97. The molecular formula is C12H12N2O3S.